The number of para-hydroxylation sites is 1. The van der Waals surface area contributed by atoms with Crippen molar-refractivity contribution in [3.63, 3.8) is 0 Å². The number of ether oxygens (including phenoxy) is 2. The molecular weight excluding hydrogens is 505 g/mol. The first-order valence-electron chi connectivity index (χ1n) is 12.3. The van der Waals surface area contributed by atoms with Gasteiger partial charge < -0.3 is 24.4 Å². The molecule has 0 aliphatic heterocycles. The van der Waals surface area contributed by atoms with Gasteiger partial charge in [-0.2, -0.15) is 0 Å². The molecule has 1 N–H and O–H groups in total. The van der Waals surface area contributed by atoms with Crippen molar-refractivity contribution >= 4 is 32.8 Å². The molecule has 9 heteroatoms. The number of carbonyl (C=O) groups is 1. The molecule has 1 heterocycles. The van der Waals surface area contributed by atoms with Gasteiger partial charge in [-0.05, 0) is 56.7 Å². The van der Waals surface area contributed by atoms with Crippen LogP contribution in [0.1, 0.15) is 31.9 Å². The summed E-state index contributed by atoms with van der Waals surface area (Å²) in [7, 11) is 1.56. The zero-order chi connectivity index (χ0) is 27.3. The minimum absolute atomic E-state index is 0.0814. The maximum Gasteiger partial charge on any atom is 0.407 e. The molecule has 3 aromatic carbocycles. The zero-order valence-electron chi connectivity index (χ0n) is 22.0. The first-order valence-corrected chi connectivity index (χ1v) is 13.1. The van der Waals surface area contributed by atoms with Crippen molar-refractivity contribution in [2.24, 2.45) is 0 Å². The Kier molecular flexibility index (Phi) is 8.36. The van der Waals surface area contributed by atoms with Crippen molar-refractivity contribution in [2.45, 2.75) is 39.5 Å². The van der Waals surface area contributed by atoms with Crippen molar-refractivity contribution < 1.29 is 23.8 Å². The van der Waals surface area contributed by atoms with Crippen LogP contribution in [0.5, 0.6) is 11.5 Å². The number of rotatable bonds is 10. The summed E-state index contributed by atoms with van der Waals surface area (Å²) >= 11 is 1.57. The number of carboxylic acid groups (broad SMARTS) is 1. The molecule has 0 aliphatic carbocycles. The summed E-state index contributed by atoms with van der Waals surface area (Å²) in [6.45, 7) is 6.99. The number of anilines is 1. The van der Waals surface area contributed by atoms with Gasteiger partial charge in [-0.15, -0.1) is 0 Å². The highest BCUT2D eigenvalue weighted by molar-refractivity contribution is 7.22. The number of methoxy groups -OCH3 is 1. The lowest BCUT2D eigenvalue weighted by Crippen LogP contribution is -2.48. The lowest BCUT2D eigenvalue weighted by molar-refractivity contribution is 0.102. The van der Waals surface area contributed by atoms with E-state index in [-0.39, 0.29) is 12.4 Å². The van der Waals surface area contributed by atoms with Crippen LogP contribution >= 0.6 is 11.3 Å². The number of thiazole rings is 1. The Morgan fingerprint density at radius 3 is 2.45 bits per heavy atom. The van der Waals surface area contributed by atoms with Crippen molar-refractivity contribution in [2.75, 3.05) is 25.1 Å². The summed E-state index contributed by atoms with van der Waals surface area (Å²) in [5.74, 6) is 0.723. The summed E-state index contributed by atoms with van der Waals surface area (Å²) in [5.41, 5.74) is 1.77. The van der Waals surface area contributed by atoms with Gasteiger partial charge in [-0.3, -0.25) is 0 Å². The third-order valence-corrected chi connectivity index (χ3v) is 7.23. The van der Waals surface area contributed by atoms with E-state index in [0.717, 1.165) is 20.9 Å². The molecule has 0 aliphatic rings. The van der Waals surface area contributed by atoms with E-state index in [1.165, 1.54) is 11.0 Å². The van der Waals surface area contributed by atoms with Crippen molar-refractivity contribution in [3.8, 4) is 11.5 Å². The van der Waals surface area contributed by atoms with E-state index in [4.69, 9.17) is 14.5 Å². The van der Waals surface area contributed by atoms with Crippen LogP contribution in [-0.2, 0) is 13.2 Å². The summed E-state index contributed by atoms with van der Waals surface area (Å²) < 4.78 is 26.5. The smallest absolute Gasteiger partial charge is 0.407 e. The second-order valence-electron chi connectivity index (χ2n) is 9.86. The fourth-order valence-electron chi connectivity index (χ4n) is 4.10. The number of benzene rings is 3. The normalized spacial score (nSPS) is 11.4. The molecule has 200 valence electrons. The van der Waals surface area contributed by atoms with Crippen LogP contribution in [0.2, 0.25) is 0 Å². The minimum Gasteiger partial charge on any atom is -0.493 e. The van der Waals surface area contributed by atoms with Crippen molar-refractivity contribution in [1.82, 2.24) is 9.88 Å². The number of hydrogen-bond acceptors (Lipinski definition) is 6. The first-order chi connectivity index (χ1) is 18.2. The van der Waals surface area contributed by atoms with Gasteiger partial charge in [0.1, 0.15) is 12.4 Å². The highest BCUT2D eigenvalue weighted by Gasteiger charge is 2.27. The Morgan fingerprint density at radius 2 is 1.76 bits per heavy atom. The van der Waals surface area contributed by atoms with E-state index >= 15 is 0 Å². The average Bonchev–Trinajstić information content (AvgIpc) is 3.31. The standard InChI is InChI=1S/C29H32FN3O4S/c1-29(2,3)33(28(34)35)16-15-32(27-31-23-11-7-8-12-26(23)38-27)18-20-13-14-24(25(17-20)36-4)37-19-21-9-5-6-10-22(21)30/h5-14,17H,15-16,18-19H2,1-4H3,(H,34,35). The zero-order valence-corrected chi connectivity index (χ0v) is 22.8. The highest BCUT2D eigenvalue weighted by Crippen LogP contribution is 2.33. The molecule has 38 heavy (non-hydrogen) atoms. The third kappa shape index (κ3) is 6.52. The Bertz CT molecular complexity index is 1370. The topological polar surface area (TPSA) is 75.1 Å². The van der Waals surface area contributed by atoms with Gasteiger partial charge in [-0.1, -0.05) is 47.7 Å². The molecule has 0 spiro atoms. The van der Waals surface area contributed by atoms with Crippen LogP contribution in [0, 0.1) is 5.82 Å². The minimum atomic E-state index is -0.959. The van der Waals surface area contributed by atoms with Gasteiger partial charge in [0.15, 0.2) is 16.6 Å². The quantitative estimate of drug-likeness (QED) is 0.240. The number of fused-ring (bicyclic) bond motifs is 1. The molecule has 4 aromatic rings. The fraction of sp³-hybridized carbons (Fsp3) is 0.310. The van der Waals surface area contributed by atoms with Crippen molar-refractivity contribution in [3.05, 3.63) is 83.7 Å². The van der Waals surface area contributed by atoms with Gasteiger partial charge in [0, 0.05) is 30.7 Å². The SMILES string of the molecule is COc1cc(CN(CCN(C(=O)O)C(C)(C)C)c2nc3ccccc3s2)ccc1OCc1ccccc1F. The Morgan fingerprint density at radius 1 is 1.03 bits per heavy atom. The van der Waals surface area contributed by atoms with Crippen LogP contribution in [0.3, 0.4) is 0 Å². The molecule has 0 atom stereocenters. The molecule has 1 amide bonds. The Hall–Kier alpha value is -3.85. The van der Waals surface area contributed by atoms with E-state index in [1.54, 1.807) is 36.6 Å². The van der Waals surface area contributed by atoms with Gasteiger partial charge >= 0.3 is 6.09 Å². The van der Waals surface area contributed by atoms with Crippen LogP contribution < -0.4 is 14.4 Å². The molecule has 0 unspecified atom stereocenters. The van der Waals surface area contributed by atoms with Gasteiger partial charge in [0.05, 0.1) is 17.3 Å². The molecule has 4 rings (SSSR count). The molecule has 0 saturated carbocycles. The number of amides is 1. The summed E-state index contributed by atoms with van der Waals surface area (Å²) in [6, 6.07) is 20.0. The second-order valence-corrected chi connectivity index (χ2v) is 10.9. The van der Waals surface area contributed by atoms with E-state index in [1.807, 2.05) is 63.2 Å². The van der Waals surface area contributed by atoms with Gasteiger partial charge in [0.25, 0.3) is 0 Å². The molecule has 0 fully saturated rings. The van der Waals surface area contributed by atoms with E-state index in [9.17, 15) is 14.3 Å². The van der Waals surface area contributed by atoms with Crippen LogP contribution in [-0.4, -0.2) is 46.8 Å². The molecule has 0 saturated heterocycles. The Balaban J connectivity index is 1.57. The third-order valence-electron chi connectivity index (χ3n) is 6.13. The molecular formula is C29H32FN3O4S. The average molecular weight is 538 g/mol. The molecule has 0 radical (unpaired) electrons. The summed E-state index contributed by atoms with van der Waals surface area (Å²) in [4.78, 5) is 20.3. The largest absolute Gasteiger partial charge is 0.493 e. The number of nitrogens with zero attached hydrogens (tertiary/aromatic N) is 3. The van der Waals surface area contributed by atoms with E-state index < -0.39 is 11.6 Å². The molecule has 7 nitrogen and oxygen atoms in total. The van der Waals surface area contributed by atoms with E-state index in [0.29, 0.717) is 36.7 Å². The summed E-state index contributed by atoms with van der Waals surface area (Å²) in [6.07, 6.45) is -0.959. The van der Waals surface area contributed by atoms with Crippen LogP contribution in [0.25, 0.3) is 10.2 Å². The maximum atomic E-state index is 14.0. The predicted molar refractivity (Wildman–Crippen MR) is 149 cm³/mol. The van der Waals surface area contributed by atoms with Crippen molar-refractivity contribution in [1.29, 1.82) is 0 Å². The Labute approximate surface area is 226 Å². The number of hydrogen-bond donors (Lipinski definition) is 1. The summed E-state index contributed by atoms with van der Waals surface area (Å²) in [5, 5.41) is 10.6. The van der Waals surface area contributed by atoms with Crippen LogP contribution in [0.15, 0.2) is 66.7 Å². The molecule has 1 aromatic heterocycles. The monoisotopic (exact) mass is 537 g/mol. The number of halogens is 1. The van der Waals surface area contributed by atoms with E-state index in [2.05, 4.69) is 4.90 Å². The fourth-order valence-corrected chi connectivity index (χ4v) is 5.09. The lowest BCUT2D eigenvalue weighted by atomic mass is 10.1. The van der Waals surface area contributed by atoms with Gasteiger partial charge in [0.2, 0.25) is 0 Å². The highest BCUT2D eigenvalue weighted by atomic mass is 32.1. The second kappa shape index (κ2) is 11.7. The van der Waals surface area contributed by atoms with Gasteiger partial charge in [-0.25, -0.2) is 14.2 Å². The van der Waals surface area contributed by atoms with Crippen LogP contribution in [0.4, 0.5) is 14.3 Å². The first kappa shape index (κ1) is 27.2. The molecule has 0 bridgehead atoms. The lowest BCUT2D eigenvalue weighted by Gasteiger charge is -2.35. The number of aromatic nitrogens is 1. The maximum absolute atomic E-state index is 14.0. The predicted octanol–water partition coefficient (Wildman–Crippen LogP) is 6.81.